The van der Waals surface area contributed by atoms with E-state index in [0.717, 1.165) is 17.9 Å². The van der Waals surface area contributed by atoms with Gasteiger partial charge in [-0.05, 0) is 34.1 Å². The van der Waals surface area contributed by atoms with E-state index in [0.29, 0.717) is 24.0 Å². The average molecular weight is 312 g/mol. The molecule has 1 aromatic rings. The van der Waals surface area contributed by atoms with Crippen LogP contribution in [0.15, 0.2) is 12.1 Å². The van der Waals surface area contributed by atoms with Gasteiger partial charge in [0.2, 0.25) is 0 Å². The summed E-state index contributed by atoms with van der Waals surface area (Å²) in [7, 11) is 0. The lowest BCUT2D eigenvalue weighted by Crippen LogP contribution is -2.38. The molecule has 1 saturated heterocycles. The molecule has 1 aromatic carbocycles. The van der Waals surface area contributed by atoms with Crippen molar-refractivity contribution in [1.29, 1.82) is 0 Å². The number of rotatable bonds is 2. The number of halogens is 1. The van der Waals surface area contributed by atoms with Crippen LogP contribution in [0.1, 0.15) is 34.1 Å². The van der Waals surface area contributed by atoms with Gasteiger partial charge in [0.15, 0.2) is 11.5 Å². The van der Waals surface area contributed by atoms with Crippen LogP contribution < -0.4 is 14.8 Å². The van der Waals surface area contributed by atoms with Crippen molar-refractivity contribution >= 4 is 17.3 Å². The van der Waals surface area contributed by atoms with Crippen LogP contribution in [-0.4, -0.2) is 30.5 Å². The molecule has 1 atom stereocenters. The van der Waals surface area contributed by atoms with Gasteiger partial charge in [0.05, 0.1) is 28.0 Å². The SMILES string of the molecule is CC1(C)CC(Nc2cc3c(cc2Cl)OCCO3)C(C)(C)O1. The summed E-state index contributed by atoms with van der Waals surface area (Å²) in [6.07, 6.45) is 0.921. The molecule has 0 radical (unpaired) electrons. The van der Waals surface area contributed by atoms with E-state index in [4.69, 9.17) is 25.8 Å². The highest BCUT2D eigenvalue weighted by atomic mass is 35.5. The molecular formula is C16H22ClNO3. The van der Waals surface area contributed by atoms with Crippen molar-refractivity contribution in [2.75, 3.05) is 18.5 Å². The fourth-order valence-electron chi connectivity index (χ4n) is 3.15. The number of hydrogen-bond donors (Lipinski definition) is 1. The fourth-order valence-corrected chi connectivity index (χ4v) is 3.36. The Morgan fingerprint density at radius 2 is 1.71 bits per heavy atom. The number of nitrogens with one attached hydrogen (secondary N) is 1. The monoisotopic (exact) mass is 311 g/mol. The highest BCUT2D eigenvalue weighted by Crippen LogP contribution is 2.42. The summed E-state index contributed by atoms with van der Waals surface area (Å²) < 4.78 is 17.3. The lowest BCUT2D eigenvalue weighted by molar-refractivity contribution is -0.0662. The van der Waals surface area contributed by atoms with Gasteiger partial charge in [-0.15, -0.1) is 0 Å². The predicted molar refractivity (Wildman–Crippen MR) is 83.7 cm³/mol. The Morgan fingerprint density at radius 1 is 1.10 bits per heavy atom. The molecule has 0 amide bonds. The highest BCUT2D eigenvalue weighted by Gasteiger charge is 2.46. The number of ether oxygens (including phenoxy) is 3. The minimum Gasteiger partial charge on any atom is -0.486 e. The molecule has 0 saturated carbocycles. The molecule has 1 unspecified atom stereocenters. The summed E-state index contributed by atoms with van der Waals surface area (Å²) >= 11 is 6.36. The zero-order valence-corrected chi connectivity index (χ0v) is 13.7. The Hall–Kier alpha value is -1.13. The maximum Gasteiger partial charge on any atom is 0.163 e. The van der Waals surface area contributed by atoms with Gasteiger partial charge in [0.1, 0.15) is 13.2 Å². The smallest absolute Gasteiger partial charge is 0.163 e. The van der Waals surface area contributed by atoms with Gasteiger partial charge >= 0.3 is 0 Å². The molecular weight excluding hydrogens is 290 g/mol. The molecule has 21 heavy (non-hydrogen) atoms. The van der Waals surface area contributed by atoms with E-state index in [1.54, 1.807) is 0 Å². The number of hydrogen-bond acceptors (Lipinski definition) is 4. The molecule has 1 fully saturated rings. The lowest BCUT2D eigenvalue weighted by atomic mass is 9.94. The second kappa shape index (κ2) is 4.96. The van der Waals surface area contributed by atoms with Gasteiger partial charge in [-0.2, -0.15) is 0 Å². The molecule has 2 aliphatic heterocycles. The largest absolute Gasteiger partial charge is 0.486 e. The molecule has 5 heteroatoms. The molecule has 116 valence electrons. The predicted octanol–water partition coefficient (Wildman–Crippen LogP) is 3.87. The van der Waals surface area contributed by atoms with Crippen LogP contribution in [0.4, 0.5) is 5.69 Å². The van der Waals surface area contributed by atoms with Crippen LogP contribution in [0, 0.1) is 0 Å². The summed E-state index contributed by atoms with van der Waals surface area (Å²) in [4.78, 5) is 0. The molecule has 0 aromatic heterocycles. The van der Waals surface area contributed by atoms with Crippen molar-refractivity contribution < 1.29 is 14.2 Å². The Balaban J connectivity index is 1.85. The normalized spacial score (nSPS) is 25.7. The number of benzene rings is 1. The van der Waals surface area contributed by atoms with Crippen molar-refractivity contribution in [3.8, 4) is 11.5 Å². The van der Waals surface area contributed by atoms with Gasteiger partial charge in [0.25, 0.3) is 0 Å². The van der Waals surface area contributed by atoms with Crippen molar-refractivity contribution in [3.63, 3.8) is 0 Å². The van der Waals surface area contributed by atoms with Crippen molar-refractivity contribution in [2.45, 2.75) is 51.4 Å². The molecule has 1 N–H and O–H groups in total. The first kappa shape index (κ1) is 14.8. The van der Waals surface area contributed by atoms with Crippen molar-refractivity contribution in [3.05, 3.63) is 17.2 Å². The van der Waals surface area contributed by atoms with Gasteiger partial charge in [-0.1, -0.05) is 11.6 Å². The molecule has 2 heterocycles. The minimum absolute atomic E-state index is 0.137. The van der Waals surface area contributed by atoms with E-state index in [-0.39, 0.29) is 17.2 Å². The highest BCUT2D eigenvalue weighted by molar-refractivity contribution is 6.33. The Morgan fingerprint density at radius 3 is 2.29 bits per heavy atom. The third-order valence-electron chi connectivity index (χ3n) is 4.04. The zero-order valence-electron chi connectivity index (χ0n) is 13.0. The third kappa shape index (κ3) is 2.92. The van der Waals surface area contributed by atoms with E-state index in [9.17, 15) is 0 Å². The summed E-state index contributed by atoms with van der Waals surface area (Å²) in [5.41, 5.74) is 0.474. The molecule has 0 aliphatic carbocycles. The first-order chi connectivity index (χ1) is 9.77. The molecule has 0 spiro atoms. The topological polar surface area (TPSA) is 39.7 Å². The Kier molecular flexibility index (Phi) is 3.49. The quantitative estimate of drug-likeness (QED) is 0.900. The Bertz CT molecular complexity index is 557. The van der Waals surface area contributed by atoms with E-state index in [1.807, 2.05) is 12.1 Å². The zero-order chi connectivity index (χ0) is 15.3. The summed E-state index contributed by atoms with van der Waals surface area (Å²) in [5.74, 6) is 1.45. The number of fused-ring (bicyclic) bond motifs is 1. The van der Waals surface area contributed by atoms with E-state index in [2.05, 4.69) is 33.0 Å². The molecule has 3 rings (SSSR count). The van der Waals surface area contributed by atoms with Gasteiger partial charge < -0.3 is 19.5 Å². The van der Waals surface area contributed by atoms with Gasteiger partial charge in [-0.3, -0.25) is 0 Å². The summed E-state index contributed by atoms with van der Waals surface area (Å²) in [6, 6.07) is 3.91. The van der Waals surface area contributed by atoms with Crippen LogP contribution in [0.5, 0.6) is 11.5 Å². The van der Waals surface area contributed by atoms with E-state index in [1.165, 1.54) is 0 Å². The lowest BCUT2D eigenvalue weighted by Gasteiger charge is -2.29. The van der Waals surface area contributed by atoms with E-state index < -0.39 is 0 Å². The molecule has 2 aliphatic rings. The summed E-state index contributed by atoms with van der Waals surface area (Å²) in [5, 5.41) is 4.15. The second-order valence-electron chi connectivity index (χ2n) is 6.84. The van der Waals surface area contributed by atoms with Crippen LogP contribution >= 0.6 is 11.6 Å². The van der Waals surface area contributed by atoms with E-state index >= 15 is 0 Å². The maximum atomic E-state index is 6.36. The molecule has 4 nitrogen and oxygen atoms in total. The van der Waals surface area contributed by atoms with Crippen LogP contribution in [-0.2, 0) is 4.74 Å². The van der Waals surface area contributed by atoms with Crippen molar-refractivity contribution in [1.82, 2.24) is 0 Å². The van der Waals surface area contributed by atoms with Crippen LogP contribution in [0.3, 0.4) is 0 Å². The molecule has 0 bridgehead atoms. The third-order valence-corrected chi connectivity index (χ3v) is 4.35. The fraction of sp³-hybridized carbons (Fsp3) is 0.625. The number of anilines is 1. The second-order valence-corrected chi connectivity index (χ2v) is 7.25. The van der Waals surface area contributed by atoms with Crippen LogP contribution in [0.2, 0.25) is 5.02 Å². The van der Waals surface area contributed by atoms with Crippen LogP contribution in [0.25, 0.3) is 0 Å². The summed E-state index contributed by atoms with van der Waals surface area (Å²) in [6.45, 7) is 9.56. The Labute approximate surface area is 130 Å². The first-order valence-electron chi connectivity index (χ1n) is 7.33. The van der Waals surface area contributed by atoms with Crippen molar-refractivity contribution in [2.24, 2.45) is 0 Å². The standard InChI is InChI=1S/C16H22ClNO3/c1-15(2)9-14(16(3,4)21-15)18-11-8-13-12(7-10(11)17)19-5-6-20-13/h7-8,14,18H,5-6,9H2,1-4H3. The van der Waals surface area contributed by atoms with Gasteiger partial charge in [-0.25, -0.2) is 0 Å². The average Bonchev–Trinajstić information content (AvgIpc) is 2.58. The van der Waals surface area contributed by atoms with Gasteiger partial charge in [0, 0.05) is 12.1 Å². The maximum absolute atomic E-state index is 6.36. The minimum atomic E-state index is -0.250. The first-order valence-corrected chi connectivity index (χ1v) is 7.70.